The smallest absolute Gasteiger partial charge is 0.253 e. The highest BCUT2D eigenvalue weighted by Gasteiger charge is 2.56. The fourth-order valence-electron chi connectivity index (χ4n) is 6.16. The maximum atomic E-state index is 13.3. The monoisotopic (exact) mass is 464 g/mol. The molecule has 34 heavy (non-hydrogen) atoms. The first-order valence-corrected chi connectivity index (χ1v) is 12.1. The molecule has 0 aromatic heterocycles. The van der Waals surface area contributed by atoms with Gasteiger partial charge in [0.25, 0.3) is 5.91 Å². The van der Waals surface area contributed by atoms with Gasteiger partial charge in [-0.25, -0.2) is 0 Å². The van der Waals surface area contributed by atoms with Crippen LogP contribution in [-0.2, 0) is 9.59 Å². The third kappa shape index (κ3) is 3.65. The summed E-state index contributed by atoms with van der Waals surface area (Å²) in [6, 6.07) is 8.39. The highest BCUT2D eigenvalue weighted by Crippen LogP contribution is 2.48. The van der Waals surface area contributed by atoms with Gasteiger partial charge >= 0.3 is 0 Å². The number of nitriles is 1. The van der Waals surface area contributed by atoms with Crippen LogP contribution in [0.2, 0.25) is 0 Å². The van der Waals surface area contributed by atoms with Gasteiger partial charge < -0.3 is 20.4 Å². The van der Waals surface area contributed by atoms with Crippen molar-refractivity contribution in [1.29, 1.82) is 5.26 Å². The lowest BCUT2D eigenvalue weighted by Gasteiger charge is -2.38. The zero-order valence-corrected chi connectivity index (χ0v) is 19.9. The van der Waals surface area contributed by atoms with Crippen LogP contribution in [0.4, 0.5) is 0 Å². The SMILES string of the molecule is C[C@@H](c1cccc(C(=O)N(C)C)c1)N1C(=O)[C@@H]2C[C@H]1CN2C[C@H](N)C(=O)N1[C@H](C#N)C[C@@H]2C[C@@H]21. The van der Waals surface area contributed by atoms with Gasteiger partial charge in [0.2, 0.25) is 11.8 Å². The first-order chi connectivity index (χ1) is 16.2. The van der Waals surface area contributed by atoms with E-state index in [1.54, 1.807) is 30.0 Å². The summed E-state index contributed by atoms with van der Waals surface area (Å²) in [5.41, 5.74) is 7.84. The minimum Gasteiger partial charge on any atom is -0.345 e. The van der Waals surface area contributed by atoms with Crippen LogP contribution >= 0.6 is 0 Å². The Morgan fingerprint density at radius 1 is 1.26 bits per heavy atom. The number of carbonyl (C=O) groups is 3. The maximum absolute atomic E-state index is 13.3. The van der Waals surface area contributed by atoms with E-state index in [0.717, 1.165) is 24.8 Å². The molecular formula is C25H32N6O3. The molecule has 1 aromatic carbocycles. The van der Waals surface area contributed by atoms with Gasteiger partial charge in [-0.3, -0.25) is 19.3 Å². The number of nitrogens with zero attached hydrogens (tertiary/aromatic N) is 5. The standard InChI is InChI=1S/C25H32N6O3/c1-14(15-5-4-6-16(7-15)23(32)28(2)3)30-19-10-22(25(30)34)29(12-19)13-20(27)24(33)31-18(11-26)8-17-9-21(17)31/h4-7,14,17-22H,8-10,12-13,27H2,1-3H3/t14-,17+,18-,19-,20-,21-,22-/m0/s1. The van der Waals surface area contributed by atoms with Crippen molar-refractivity contribution in [3.63, 3.8) is 0 Å². The summed E-state index contributed by atoms with van der Waals surface area (Å²) in [4.78, 5) is 45.9. The molecule has 3 saturated heterocycles. The number of amides is 3. The Hall–Kier alpha value is -2.96. The molecule has 7 atom stereocenters. The average molecular weight is 465 g/mol. The molecule has 3 amide bonds. The molecule has 3 aliphatic heterocycles. The molecule has 0 radical (unpaired) electrons. The average Bonchev–Trinajstić information content (AvgIpc) is 3.15. The predicted octanol–water partition coefficient (Wildman–Crippen LogP) is 0.575. The normalized spacial score (nSPS) is 31.3. The van der Waals surface area contributed by atoms with Gasteiger partial charge in [-0.05, 0) is 49.8 Å². The van der Waals surface area contributed by atoms with E-state index in [1.807, 2.05) is 34.9 Å². The topological polar surface area (TPSA) is 114 Å². The van der Waals surface area contributed by atoms with E-state index in [9.17, 15) is 19.6 Å². The molecular weight excluding hydrogens is 432 g/mol. The molecule has 0 spiro atoms. The summed E-state index contributed by atoms with van der Waals surface area (Å²) in [7, 11) is 3.44. The second-order valence-corrected chi connectivity index (χ2v) is 10.4. The Morgan fingerprint density at radius 3 is 2.71 bits per heavy atom. The van der Waals surface area contributed by atoms with Crippen molar-refractivity contribution in [3.8, 4) is 6.07 Å². The molecule has 1 aromatic rings. The zero-order chi connectivity index (χ0) is 24.3. The highest BCUT2D eigenvalue weighted by molar-refractivity contribution is 5.94. The maximum Gasteiger partial charge on any atom is 0.253 e. The van der Waals surface area contributed by atoms with Crippen molar-refractivity contribution in [2.24, 2.45) is 11.7 Å². The van der Waals surface area contributed by atoms with Crippen LogP contribution in [-0.4, -0.2) is 94.7 Å². The van der Waals surface area contributed by atoms with Gasteiger partial charge in [0.15, 0.2) is 0 Å². The molecule has 5 rings (SSSR count). The summed E-state index contributed by atoms with van der Waals surface area (Å²) < 4.78 is 0. The van der Waals surface area contributed by atoms with Gasteiger partial charge in [-0.1, -0.05) is 12.1 Å². The van der Waals surface area contributed by atoms with Crippen LogP contribution in [0.3, 0.4) is 0 Å². The number of rotatable bonds is 6. The Kier molecular flexibility index (Phi) is 5.61. The summed E-state index contributed by atoms with van der Waals surface area (Å²) in [6.07, 6.45) is 2.44. The quantitative estimate of drug-likeness (QED) is 0.659. The molecule has 9 heteroatoms. The Bertz CT molecular complexity index is 1070. The number of nitrogens with two attached hydrogens (primary N) is 1. The van der Waals surface area contributed by atoms with Gasteiger partial charge in [-0.15, -0.1) is 0 Å². The van der Waals surface area contributed by atoms with Crippen LogP contribution < -0.4 is 5.73 Å². The van der Waals surface area contributed by atoms with Crippen molar-refractivity contribution >= 4 is 17.7 Å². The van der Waals surface area contributed by atoms with Crippen LogP contribution in [0.1, 0.15) is 48.1 Å². The van der Waals surface area contributed by atoms with Crippen molar-refractivity contribution in [3.05, 3.63) is 35.4 Å². The summed E-state index contributed by atoms with van der Waals surface area (Å²) >= 11 is 0. The molecule has 1 aliphatic carbocycles. The minimum atomic E-state index is -0.734. The number of piperazine rings is 1. The lowest BCUT2D eigenvalue weighted by atomic mass is 10.0. The Balaban J connectivity index is 1.24. The lowest BCUT2D eigenvalue weighted by Crippen LogP contribution is -2.57. The fourth-order valence-corrected chi connectivity index (χ4v) is 6.16. The van der Waals surface area contributed by atoms with E-state index in [0.29, 0.717) is 24.6 Å². The highest BCUT2D eigenvalue weighted by atomic mass is 16.2. The number of likely N-dealkylation sites (tertiary alicyclic amines) is 3. The number of hydrogen-bond acceptors (Lipinski definition) is 6. The minimum absolute atomic E-state index is 0.0473. The van der Waals surface area contributed by atoms with E-state index in [1.165, 1.54) is 0 Å². The van der Waals surface area contributed by atoms with E-state index >= 15 is 0 Å². The largest absolute Gasteiger partial charge is 0.345 e. The lowest BCUT2D eigenvalue weighted by molar-refractivity contribution is -0.141. The second kappa shape index (κ2) is 8.36. The van der Waals surface area contributed by atoms with Crippen molar-refractivity contribution in [2.75, 3.05) is 27.2 Å². The molecule has 2 N–H and O–H groups in total. The molecule has 2 bridgehead atoms. The van der Waals surface area contributed by atoms with Crippen LogP contribution in [0, 0.1) is 17.2 Å². The number of benzene rings is 1. The molecule has 180 valence electrons. The van der Waals surface area contributed by atoms with Crippen LogP contribution in [0.25, 0.3) is 0 Å². The van der Waals surface area contributed by atoms with E-state index in [-0.39, 0.29) is 47.9 Å². The van der Waals surface area contributed by atoms with E-state index < -0.39 is 6.04 Å². The number of piperidine rings is 1. The van der Waals surface area contributed by atoms with Gasteiger partial charge in [0, 0.05) is 44.8 Å². The number of carbonyl (C=O) groups excluding carboxylic acids is 3. The van der Waals surface area contributed by atoms with Crippen LogP contribution in [0.5, 0.6) is 0 Å². The van der Waals surface area contributed by atoms with Crippen LogP contribution in [0.15, 0.2) is 24.3 Å². The van der Waals surface area contributed by atoms with Crippen molar-refractivity contribution in [2.45, 2.75) is 62.4 Å². The number of fused-ring (bicyclic) bond motifs is 3. The molecule has 9 nitrogen and oxygen atoms in total. The van der Waals surface area contributed by atoms with Gasteiger partial charge in [0.1, 0.15) is 6.04 Å². The van der Waals surface area contributed by atoms with Gasteiger partial charge in [0.05, 0.1) is 24.2 Å². The van der Waals surface area contributed by atoms with E-state index in [4.69, 9.17) is 5.73 Å². The molecule has 1 saturated carbocycles. The van der Waals surface area contributed by atoms with Crippen molar-refractivity contribution < 1.29 is 14.4 Å². The van der Waals surface area contributed by atoms with Gasteiger partial charge in [-0.2, -0.15) is 5.26 Å². The first-order valence-electron chi connectivity index (χ1n) is 12.1. The summed E-state index contributed by atoms with van der Waals surface area (Å²) in [5, 5.41) is 9.39. The third-order valence-corrected chi connectivity index (χ3v) is 8.01. The Labute approximate surface area is 200 Å². The fraction of sp³-hybridized carbons (Fsp3) is 0.600. The predicted molar refractivity (Wildman–Crippen MR) is 124 cm³/mol. The third-order valence-electron chi connectivity index (χ3n) is 8.01. The molecule has 3 heterocycles. The zero-order valence-electron chi connectivity index (χ0n) is 19.9. The first kappa shape index (κ1) is 22.8. The molecule has 0 unspecified atom stereocenters. The second-order valence-electron chi connectivity index (χ2n) is 10.4. The Morgan fingerprint density at radius 2 is 2.03 bits per heavy atom. The molecule has 4 aliphatic rings. The summed E-state index contributed by atoms with van der Waals surface area (Å²) in [5.74, 6) is 0.263. The van der Waals surface area contributed by atoms with E-state index in [2.05, 4.69) is 6.07 Å². The molecule has 4 fully saturated rings. The number of hydrogen-bond donors (Lipinski definition) is 1. The van der Waals surface area contributed by atoms with Crippen molar-refractivity contribution in [1.82, 2.24) is 19.6 Å². The summed E-state index contributed by atoms with van der Waals surface area (Å²) in [6.45, 7) is 3.00.